The number of pyridine rings is 1. The van der Waals surface area contributed by atoms with Gasteiger partial charge < -0.3 is 14.7 Å². The molecule has 9 heteroatoms. The topological polar surface area (TPSA) is 92.3 Å². The monoisotopic (exact) mass is 574 g/mol. The summed E-state index contributed by atoms with van der Waals surface area (Å²) >= 11 is 13.1. The van der Waals surface area contributed by atoms with Crippen molar-refractivity contribution in [1.29, 1.82) is 5.41 Å². The Labute approximate surface area is 242 Å². The van der Waals surface area contributed by atoms with Crippen LogP contribution in [0.25, 0.3) is 11.3 Å². The van der Waals surface area contributed by atoms with Crippen LogP contribution in [0.2, 0.25) is 10.0 Å². The summed E-state index contributed by atoms with van der Waals surface area (Å²) in [6, 6.07) is 13.2. The number of rotatable bonds is 8. The van der Waals surface area contributed by atoms with E-state index in [1.807, 2.05) is 50.2 Å². The highest BCUT2D eigenvalue weighted by molar-refractivity contribution is 6.34. The summed E-state index contributed by atoms with van der Waals surface area (Å²) in [4.78, 5) is 19.0. The molecule has 7 nitrogen and oxygen atoms in total. The molecule has 0 spiro atoms. The van der Waals surface area contributed by atoms with E-state index in [1.165, 1.54) is 0 Å². The van der Waals surface area contributed by atoms with Crippen molar-refractivity contribution in [3.8, 4) is 17.0 Å². The van der Waals surface area contributed by atoms with Crippen LogP contribution in [0.4, 0.5) is 11.5 Å². The highest BCUT2D eigenvalue weighted by Crippen LogP contribution is 2.46. The van der Waals surface area contributed by atoms with E-state index >= 15 is 0 Å². The minimum absolute atomic E-state index is 0.0767. The van der Waals surface area contributed by atoms with Gasteiger partial charge in [0, 0.05) is 35.4 Å². The highest BCUT2D eigenvalue weighted by atomic mass is 35.5. The second kappa shape index (κ2) is 10.7. The van der Waals surface area contributed by atoms with E-state index < -0.39 is 0 Å². The van der Waals surface area contributed by atoms with Crippen molar-refractivity contribution >= 4 is 46.3 Å². The third kappa shape index (κ3) is 4.88. The maximum absolute atomic E-state index is 13.0. The smallest absolute Gasteiger partial charge is 0.233 e. The number of ether oxygens (including phenoxy) is 1. The molecule has 1 aliphatic carbocycles. The fraction of sp³-hybridized carbons (Fsp3) is 0.290. The first-order chi connectivity index (χ1) is 19.4. The maximum Gasteiger partial charge on any atom is 0.233 e. The molecule has 0 unspecified atom stereocenters. The Hall–Kier alpha value is -3.68. The fourth-order valence-corrected chi connectivity index (χ4v) is 5.73. The summed E-state index contributed by atoms with van der Waals surface area (Å²) in [6.45, 7) is 4.20. The van der Waals surface area contributed by atoms with Crippen LogP contribution in [0.5, 0.6) is 5.75 Å². The quantitative estimate of drug-likeness (QED) is 0.214. The lowest BCUT2D eigenvalue weighted by molar-refractivity contribution is -0.118. The lowest BCUT2D eigenvalue weighted by atomic mass is 10.00. The first kappa shape index (κ1) is 26.5. The zero-order chi connectivity index (χ0) is 28.0. The number of nitrogens with one attached hydrogen (secondary N) is 1. The molecule has 0 bridgehead atoms. The van der Waals surface area contributed by atoms with Crippen molar-refractivity contribution in [3.63, 3.8) is 0 Å². The van der Waals surface area contributed by atoms with Crippen LogP contribution in [-0.4, -0.2) is 21.8 Å². The molecule has 2 aromatic heterocycles. The summed E-state index contributed by atoms with van der Waals surface area (Å²) < 4.78 is 12.1. The summed E-state index contributed by atoms with van der Waals surface area (Å²) in [5.41, 5.74) is 6.32. The van der Waals surface area contributed by atoms with Crippen LogP contribution in [-0.2, 0) is 17.8 Å². The number of nitrogens with zero attached hydrogens (tertiary/aromatic N) is 3. The summed E-state index contributed by atoms with van der Waals surface area (Å²) in [7, 11) is 0. The molecule has 204 valence electrons. The SMILES string of the molecule is CCC(=N)c1cnc(N2C(=O)CCc3cc(OCc4c(-c5c(C)cccc5Cl)noc4C4CC4)ccc32)c(Cl)c1. The third-order valence-corrected chi connectivity index (χ3v) is 8.09. The molecule has 6 rings (SSSR count). The molecular formula is C31H28Cl2N4O3. The molecular weight excluding hydrogens is 547 g/mol. The largest absolute Gasteiger partial charge is 0.489 e. The number of amides is 1. The van der Waals surface area contributed by atoms with Crippen molar-refractivity contribution in [2.24, 2.45) is 0 Å². The zero-order valence-corrected chi connectivity index (χ0v) is 23.8. The molecule has 4 aromatic rings. The lowest BCUT2D eigenvalue weighted by Crippen LogP contribution is -2.31. The predicted molar refractivity (Wildman–Crippen MR) is 156 cm³/mol. The number of carbonyl (C=O) groups is 1. The van der Waals surface area contributed by atoms with Crippen LogP contribution >= 0.6 is 23.2 Å². The molecule has 1 fully saturated rings. The van der Waals surface area contributed by atoms with Gasteiger partial charge in [-0.1, -0.05) is 47.4 Å². The van der Waals surface area contributed by atoms with Gasteiger partial charge in [0.15, 0.2) is 5.82 Å². The van der Waals surface area contributed by atoms with Gasteiger partial charge in [0.25, 0.3) is 0 Å². The molecule has 40 heavy (non-hydrogen) atoms. The molecule has 0 atom stereocenters. The number of anilines is 2. The number of carbonyl (C=O) groups excluding carboxylic acids is 1. The van der Waals surface area contributed by atoms with Crippen LogP contribution in [0.1, 0.15) is 66.5 Å². The van der Waals surface area contributed by atoms with Crippen LogP contribution in [0.3, 0.4) is 0 Å². The van der Waals surface area contributed by atoms with E-state index in [2.05, 4.69) is 10.1 Å². The maximum atomic E-state index is 13.0. The minimum Gasteiger partial charge on any atom is -0.489 e. The Bertz CT molecular complexity index is 1620. The lowest BCUT2D eigenvalue weighted by Gasteiger charge is -2.29. The number of aryl methyl sites for hydroxylation is 2. The van der Waals surface area contributed by atoms with Crippen molar-refractivity contribution in [1.82, 2.24) is 10.1 Å². The number of hydrogen-bond acceptors (Lipinski definition) is 6. The van der Waals surface area contributed by atoms with Crippen LogP contribution in [0, 0.1) is 12.3 Å². The second-order valence-corrected chi connectivity index (χ2v) is 11.1. The van der Waals surface area contributed by atoms with Gasteiger partial charge in [-0.25, -0.2) is 4.98 Å². The van der Waals surface area contributed by atoms with E-state index in [4.69, 9.17) is 37.9 Å². The zero-order valence-electron chi connectivity index (χ0n) is 22.3. The third-order valence-electron chi connectivity index (χ3n) is 7.49. The molecule has 1 saturated carbocycles. The Kier molecular flexibility index (Phi) is 7.11. The molecule has 3 heterocycles. The molecule has 2 aliphatic rings. The second-order valence-electron chi connectivity index (χ2n) is 10.2. The predicted octanol–water partition coefficient (Wildman–Crippen LogP) is 8.20. The summed E-state index contributed by atoms with van der Waals surface area (Å²) in [5, 5.41) is 13.5. The van der Waals surface area contributed by atoms with Gasteiger partial charge in [0.2, 0.25) is 5.91 Å². The van der Waals surface area contributed by atoms with Gasteiger partial charge in [-0.3, -0.25) is 9.69 Å². The van der Waals surface area contributed by atoms with Gasteiger partial charge >= 0.3 is 0 Å². The van der Waals surface area contributed by atoms with Crippen molar-refractivity contribution < 1.29 is 14.1 Å². The molecule has 0 saturated heterocycles. The van der Waals surface area contributed by atoms with Gasteiger partial charge in [0.05, 0.1) is 21.3 Å². The van der Waals surface area contributed by atoms with E-state index in [9.17, 15) is 4.79 Å². The Balaban J connectivity index is 1.29. The van der Waals surface area contributed by atoms with Gasteiger partial charge in [-0.15, -0.1) is 0 Å². The van der Waals surface area contributed by atoms with Crippen molar-refractivity contribution in [3.05, 3.63) is 86.7 Å². The van der Waals surface area contributed by atoms with Gasteiger partial charge in [-0.05, 0) is 74.1 Å². The van der Waals surface area contributed by atoms with E-state index in [1.54, 1.807) is 17.2 Å². The van der Waals surface area contributed by atoms with E-state index in [0.717, 1.165) is 52.2 Å². The fourth-order valence-electron chi connectivity index (χ4n) is 5.17. The Morgan fingerprint density at radius 1 is 1.15 bits per heavy atom. The van der Waals surface area contributed by atoms with Crippen LogP contribution < -0.4 is 9.64 Å². The summed E-state index contributed by atoms with van der Waals surface area (Å²) in [5.74, 6) is 2.20. The molecule has 0 radical (unpaired) electrons. The van der Waals surface area contributed by atoms with Gasteiger partial charge in [0.1, 0.15) is 23.8 Å². The normalized spacial score (nSPS) is 14.8. The number of aromatic nitrogens is 2. The summed E-state index contributed by atoms with van der Waals surface area (Å²) in [6.07, 6.45) is 5.23. The highest BCUT2D eigenvalue weighted by Gasteiger charge is 2.34. The van der Waals surface area contributed by atoms with Crippen molar-refractivity contribution in [2.75, 3.05) is 4.90 Å². The van der Waals surface area contributed by atoms with Crippen molar-refractivity contribution in [2.45, 2.75) is 58.5 Å². The Morgan fingerprint density at radius 2 is 1.98 bits per heavy atom. The molecule has 1 amide bonds. The first-order valence-corrected chi connectivity index (χ1v) is 14.2. The number of fused-ring (bicyclic) bond motifs is 1. The average molecular weight is 575 g/mol. The average Bonchev–Trinajstić information content (AvgIpc) is 3.71. The molecule has 1 aliphatic heterocycles. The Morgan fingerprint density at radius 3 is 2.70 bits per heavy atom. The minimum atomic E-state index is -0.0767. The number of benzene rings is 2. The van der Waals surface area contributed by atoms with E-state index in [0.29, 0.717) is 58.1 Å². The number of hydrogen-bond donors (Lipinski definition) is 1. The van der Waals surface area contributed by atoms with Gasteiger partial charge in [-0.2, -0.15) is 0 Å². The molecule has 2 aromatic carbocycles. The first-order valence-electron chi connectivity index (χ1n) is 13.4. The standard InChI is InChI=1S/C31H28Cl2N4O3/c1-3-25(34)20-14-24(33)31(35-15-20)37-26-11-10-21(13-19(26)9-12-27(37)38)39-16-22-29(36-40-30(22)18-7-8-18)28-17(2)5-4-6-23(28)32/h4-6,10-11,13-15,18,34H,3,7-9,12,16H2,1-2H3. The molecule has 1 N–H and O–H groups in total. The number of halogens is 2. The van der Waals surface area contributed by atoms with Crippen LogP contribution in [0.15, 0.2) is 53.2 Å². The van der Waals surface area contributed by atoms with E-state index in [-0.39, 0.29) is 12.5 Å².